The number of hydrogen-bond acceptors (Lipinski definition) is 4. The SMILES string of the molecule is CCOC(=O)CNC(=O)N(CC)C(C)CC(=O)O. The van der Waals surface area contributed by atoms with Crippen LogP contribution in [0.4, 0.5) is 4.79 Å². The maximum Gasteiger partial charge on any atom is 0.325 e. The lowest BCUT2D eigenvalue weighted by molar-refractivity contribution is -0.142. The molecule has 0 aromatic rings. The Bertz CT molecular complexity index is 306. The third kappa shape index (κ3) is 6.07. The molecule has 2 N–H and O–H groups in total. The zero-order valence-electron chi connectivity index (χ0n) is 10.9. The average Bonchev–Trinajstić information content (AvgIpc) is 2.26. The van der Waals surface area contributed by atoms with Crippen molar-refractivity contribution in [1.29, 1.82) is 0 Å². The Morgan fingerprint density at radius 2 is 1.94 bits per heavy atom. The number of urea groups is 1. The Labute approximate surface area is 106 Å². The lowest BCUT2D eigenvalue weighted by Gasteiger charge is -2.26. The number of esters is 1. The normalized spacial score (nSPS) is 11.5. The van der Waals surface area contributed by atoms with E-state index in [0.29, 0.717) is 6.54 Å². The van der Waals surface area contributed by atoms with Crippen LogP contribution in [0, 0.1) is 0 Å². The molecular weight excluding hydrogens is 240 g/mol. The maximum absolute atomic E-state index is 11.7. The molecule has 0 saturated heterocycles. The van der Waals surface area contributed by atoms with Crippen molar-refractivity contribution in [3.8, 4) is 0 Å². The molecule has 18 heavy (non-hydrogen) atoms. The molecule has 1 unspecified atom stereocenters. The largest absolute Gasteiger partial charge is 0.481 e. The van der Waals surface area contributed by atoms with Crippen molar-refractivity contribution in [3.05, 3.63) is 0 Å². The van der Waals surface area contributed by atoms with Gasteiger partial charge in [0.15, 0.2) is 0 Å². The predicted octanol–water partition coefficient (Wildman–Crippen LogP) is 0.444. The first-order valence-electron chi connectivity index (χ1n) is 5.84. The molecule has 7 nitrogen and oxygen atoms in total. The summed E-state index contributed by atoms with van der Waals surface area (Å²) in [6, 6.07) is -0.908. The second-order valence-corrected chi connectivity index (χ2v) is 3.70. The quantitative estimate of drug-likeness (QED) is 0.648. The molecule has 0 aliphatic carbocycles. The summed E-state index contributed by atoms with van der Waals surface area (Å²) < 4.78 is 4.66. The number of ether oxygens (including phenoxy) is 1. The molecule has 0 spiro atoms. The number of nitrogens with zero attached hydrogens (tertiary/aromatic N) is 1. The van der Waals surface area contributed by atoms with E-state index in [0.717, 1.165) is 0 Å². The van der Waals surface area contributed by atoms with E-state index in [4.69, 9.17) is 5.11 Å². The minimum atomic E-state index is -0.973. The molecule has 0 saturated carbocycles. The lowest BCUT2D eigenvalue weighted by Crippen LogP contribution is -2.47. The van der Waals surface area contributed by atoms with E-state index in [2.05, 4.69) is 10.1 Å². The third-order valence-corrected chi connectivity index (χ3v) is 2.29. The average molecular weight is 260 g/mol. The van der Waals surface area contributed by atoms with Crippen molar-refractivity contribution in [2.45, 2.75) is 33.2 Å². The van der Waals surface area contributed by atoms with Gasteiger partial charge in [-0.05, 0) is 20.8 Å². The highest BCUT2D eigenvalue weighted by molar-refractivity contribution is 5.81. The second-order valence-electron chi connectivity index (χ2n) is 3.70. The fourth-order valence-electron chi connectivity index (χ4n) is 1.48. The number of carboxylic acids is 1. The van der Waals surface area contributed by atoms with Crippen LogP contribution in [0.15, 0.2) is 0 Å². The van der Waals surface area contributed by atoms with Crippen LogP contribution in [-0.4, -0.2) is 53.7 Å². The molecule has 1 atom stereocenters. The van der Waals surface area contributed by atoms with Gasteiger partial charge in [0.2, 0.25) is 0 Å². The van der Waals surface area contributed by atoms with E-state index >= 15 is 0 Å². The summed E-state index contributed by atoms with van der Waals surface area (Å²) in [6.07, 6.45) is -0.138. The van der Waals surface area contributed by atoms with Gasteiger partial charge in [0, 0.05) is 12.6 Å². The smallest absolute Gasteiger partial charge is 0.325 e. The van der Waals surface area contributed by atoms with Crippen LogP contribution >= 0.6 is 0 Å². The Balaban J connectivity index is 4.26. The summed E-state index contributed by atoms with van der Waals surface area (Å²) in [6.45, 7) is 5.45. The molecule has 0 aromatic carbocycles. The van der Waals surface area contributed by atoms with Crippen LogP contribution in [0.2, 0.25) is 0 Å². The summed E-state index contributed by atoms with van der Waals surface area (Å²) in [5.74, 6) is -1.49. The van der Waals surface area contributed by atoms with Crippen LogP contribution in [0.25, 0.3) is 0 Å². The highest BCUT2D eigenvalue weighted by Crippen LogP contribution is 2.03. The van der Waals surface area contributed by atoms with Crippen LogP contribution in [0.1, 0.15) is 27.2 Å². The summed E-state index contributed by atoms with van der Waals surface area (Å²) >= 11 is 0. The van der Waals surface area contributed by atoms with E-state index in [1.165, 1.54) is 4.90 Å². The van der Waals surface area contributed by atoms with Gasteiger partial charge in [-0.1, -0.05) is 0 Å². The second kappa shape index (κ2) is 8.32. The highest BCUT2D eigenvalue weighted by Gasteiger charge is 2.21. The van der Waals surface area contributed by atoms with Gasteiger partial charge < -0.3 is 20.1 Å². The molecule has 0 aromatic heterocycles. The zero-order valence-corrected chi connectivity index (χ0v) is 10.9. The van der Waals surface area contributed by atoms with Gasteiger partial charge >= 0.3 is 18.0 Å². The highest BCUT2D eigenvalue weighted by atomic mass is 16.5. The Morgan fingerprint density at radius 3 is 2.39 bits per heavy atom. The molecule has 0 bridgehead atoms. The van der Waals surface area contributed by atoms with Crippen molar-refractivity contribution >= 4 is 18.0 Å². The molecular formula is C11H20N2O5. The topological polar surface area (TPSA) is 95.9 Å². The zero-order chi connectivity index (χ0) is 14.1. The Morgan fingerprint density at radius 1 is 1.33 bits per heavy atom. The van der Waals surface area contributed by atoms with Crippen molar-refractivity contribution in [2.24, 2.45) is 0 Å². The van der Waals surface area contributed by atoms with E-state index in [-0.39, 0.29) is 19.6 Å². The van der Waals surface area contributed by atoms with Crippen LogP contribution in [0.3, 0.4) is 0 Å². The molecule has 7 heteroatoms. The van der Waals surface area contributed by atoms with Crippen LogP contribution in [0.5, 0.6) is 0 Å². The Hall–Kier alpha value is -1.79. The number of rotatable bonds is 7. The first-order chi connectivity index (χ1) is 8.42. The summed E-state index contributed by atoms with van der Waals surface area (Å²) in [5.41, 5.74) is 0. The van der Waals surface area contributed by atoms with Gasteiger partial charge in [0.25, 0.3) is 0 Å². The fraction of sp³-hybridized carbons (Fsp3) is 0.727. The lowest BCUT2D eigenvalue weighted by atomic mass is 10.2. The number of hydrogen-bond donors (Lipinski definition) is 2. The van der Waals surface area contributed by atoms with Gasteiger partial charge in [0.1, 0.15) is 6.54 Å². The van der Waals surface area contributed by atoms with Gasteiger partial charge in [-0.2, -0.15) is 0 Å². The third-order valence-electron chi connectivity index (χ3n) is 2.29. The number of carbonyl (C=O) groups excluding carboxylic acids is 2. The first kappa shape index (κ1) is 16.2. The van der Waals surface area contributed by atoms with Crippen molar-refractivity contribution in [1.82, 2.24) is 10.2 Å². The summed E-state index contributed by atoms with van der Waals surface area (Å²) in [7, 11) is 0. The summed E-state index contributed by atoms with van der Waals surface area (Å²) in [4.78, 5) is 34.7. The number of nitrogens with one attached hydrogen (secondary N) is 1. The first-order valence-corrected chi connectivity index (χ1v) is 5.84. The minimum Gasteiger partial charge on any atom is -0.481 e. The van der Waals surface area contributed by atoms with E-state index in [9.17, 15) is 14.4 Å². The van der Waals surface area contributed by atoms with E-state index in [1.54, 1.807) is 20.8 Å². The molecule has 0 heterocycles. The van der Waals surface area contributed by atoms with E-state index in [1.807, 2.05) is 0 Å². The number of aliphatic carboxylic acids is 1. The standard InChI is InChI=1S/C11H20N2O5/c1-4-13(8(3)6-9(14)15)11(17)12-7-10(16)18-5-2/h8H,4-7H2,1-3H3,(H,12,17)(H,14,15). The van der Waals surface area contributed by atoms with Crippen molar-refractivity contribution in [2.75, 3.05) is 19.7 Å². The predicted molar refractivity (Wildman–Crippen MR) is 64.1 cm³/mol. The Kier molecular flexibility index (Phi) is 7.50. The molecule has 0 aliphatic rings. The molecule has 0 radical (unpaired) electrons. The number of carboxylic acid groups (broad SMARTS) is 1. The maximum atomic E-state index is 11.7. The van der Waals surface area contributed by atoms with Gasteiger partial charge in [-0.25, -0.2) is 4.79 Å². The van der Waals surface area contributed by atoms with Crippen LogP contribution in [-0.2, 0) is 14.3 Å². The van der Waals surface area contributed by atoms with Gasteiger partial charge in [0.05, 0.1) is 13.0 Å². The monoisotopic (exact) mass is 260 g/mol. The number of carbonyl (C=O) groups is 3. The summed E-state index contributed by atoms with van der Waals surface area (Å²) in [5, 5.41) is 11.1. The minimum absolute atomic E-state index is 0.138. The molecule has 104 valence electrons. The van der Waals surface area contributed by atoms with Crippen molar-refractivity contribution in [3.63, 3.8) is 0 Å². The molecule has 2 amide bonds. The van der Waals surface area contributed by atoms with Gasteiger partial charge in [-0.3, -0.25) is 9.59 Å². The molecule has 0 rings (SSSR count). The number of amides is 2. The van der Waals surface area contributed by atoms with Crippen molar-refractivity contribution < 1.29 is 24.2 Å². The van der Waals surface area contributed by atoms with Gasteiger partial charge in [-0.15, -0.1) is 0 Å². The van der Waals surface area contributed by atoms with Crippen LogP contribution < -0.4 is 5.32 Å². The fourth-order valence-corrected chi connectivity index (χ4v) is 1.48. The molecule has 0 aliphatic heterocycles. The molecule has 0 fully saturated rings. The van der Waals surface area contributed by atoms with E-state index < -0.39 is 24.0 Å².